The Morgan fingerprint density at radius 1 is 0.966 bits per heavy atom. The van der Waals surface area contributed by atoms with Crippen LogP contribution < -0.4 is 9.47 Å². The Balaban J connectivity index is 1.96. The predicted molar refractivity (Wildman–Crippen MR) is 91.1 cm³/mol. The van der Waals surface area contributed by atoms with Crippen LogP contribution in [0.2, 0.25) is 0 Å². The molecule has 1 aromatic heterocycles. The fourth-order valence-electron chi connectivity index (χ4n) is 2.36. The Kier molecular flexibility index (Phi) is 7.10. The standard InChI is InChI=1S/C19H17F6NO3/c1-12(16-6-5-15(9-26-16)29-11-19(23,24)25)7-17(27)13-3-2-4-14(8-13)28-10-18(20,21)22/h2-6,8-9,12H,7,10-11H2,1H3. The van der Waals surface area contributed by atoms with Crippen molar-refractivity contribution >= 4 is 5.78 Å². The summed E-state index contributed by atoms with van der Waals surface area (Å²) in [6.45, 7) is -1.21. The molecular weight excluding hydrogens is 404 g/mol. The highest BCUT2D eigenvalue weighted by Crippen LogP contribution is 2.24. The highest BCUT2D eigenvalue weighted by atomic mass is 19.4. The number of hydrogen-bond donors (Lipinski definition) is 0. The van der Waals surface area contributed by atoms with Gasteiger partial charge in [-0.1, -0.05) is 19.1 Å². The van der Waals surface area contributed by atoms with E-state index in [1.807, 2.05) is 0 Å². The van der Waals surface area contributed by atoms with Gasteiger partial charge in [-0.05, 0) is 24.3 Å². The lowest BCUT2D eigenvalue weighted by atomic mass is 9.96. The number of carbonyl (C=O) groups is 1. The molecule has 158 valence electrons. The molecule has 10 heteroatoms. The molecule has 0 N–H and O–H groups in total. The second-order valence-electron chi connectivity index (χ2n) is 6.28. The van der Waals surface area contributed by atoms with Crippen LogP contribution >= 0.6 is 0 Å². The molecule has 0 bridgehead atoms. The Bertz CT molecular complexity index is 818. The van der Waals surface area contributed by atoms with Crippen molar-refractivity contribution < 1.29 is 40.6 Å². The van der Waals surface area contributed by atoms with Crippen LogP contribution in [0.15, 0.2) is 42.6 Å². The molecule has 1 unspecified atom stereocenters. The molecule has 4 nitrogen and oxygen atoms in total. The molecular formula is C19H17F6NO3. The second kappa shape index (κ2) is 9.15. The number of carbonyl (C=O) groups excluding carboxylic acids is 1. The lowest BCUT2D eigenvalue weighted by Gasteiger charge is -2.13. The summed E-state index contributed by atoms with van der Waals surface area (Å²) in [5.41, 5.74) is 0.642. The Hall–Kier alpha value is -2.78. The Morgan fingerprint density at radius 2 is 1.59 bits per heavy atom. The van der Waals surface area contributed by atoms with Gasteiger partial charge < -0.3 is 9.47 Å². The lowest BCUT2D eigenvalue weighted by Crippen LogP contribution is -2.19. The van der Waals surface area contributed by atoms with Gasteiger partial charge in [0.2, 0.25) is 0 Å². The average molecular weight is 421 g/mol. The SMILES string of the molecule is CC(CC(=O)c1cccc(OCC(F)(F)F)c1)c1ccc(OCC(F)(F)F)cn1. The van der Waals surface area contributed by atoms with Gasteiger partial charge in [-0.25, -0.2) is 0 Å². The van der Waals surface area contributed by atoms with Crippen molar-refractivity contribution in [2.75, 3.05) is 13.2 Å². The number of Topliss-reactive ketones (excluding diaryl/α,β-unsaturated/α-hetero) is 1. The normalized spacial score (nSPS) is 13.1. The van der Waals surface area contributed by atoms with Gasteiger partial charge in [0.15, 0.2) is 19.0 Å². The summed E-state index contributed by atoms with van der Waals surface area (Å²) in [5, 5.41) is 0. The zero-order valence-electron chi connectivity index (χ0n) is 15.2. The summed E-state index contributed by atoms with van der Waals surface area (Å²) in [4.78, 5) is 16.4. The van der Waals surface area contributed by atoms with Crippen molar-refractivity contribution in [2.45, 2.75) is 31.6 Å². The van der Waals surface area contributed by atoms with E-state index in [9.17, 15) is 31.1 Å². The first-order valence-electron chi connectivity index (χ1n) is 8.41. The van der Waals surface area contributed by atoms with E-state index in [0.717, 1.165) is 6.20 Å². The van der Waals surface area contributed by atoms with Crippen molar-refractivity contribution in [3.05, 3.63) is 53.9 Å². The molecule has 0 fully saturated rings. The summed E-state index contributed by atoms with van der Waals surface area (Å²) in [6.07, 6.45) is -7.82. The number of halogens is 6. The summed E-state index contributed by atoms with van der Waals surface area (Å²) in [7, 11) is 0. The van der Waals surface area contributed by atoms with Crippen LogP contribution in [0.25, 0.3) is 0 Å². The summed E-state index contributed by atoms with van der Waals surface area (Å²) in [6, 6.07) is 8.17. The quantitative estimate of drug-likeness (QED) is 0.427. The first-order valence-corrected chi connectivity index (χ1v) is 8.41. The molecule has 1 aromatic carbocycles. The molecule has 2 aromatic rings. The first kappa shape index (κ1) is 22.5. The molecule has 0 aliphatic heterocycles. The van der Waals surface area contributed by atoms with Gasteiger partial charge >= 0.3 is 12.4 Å². The van der Waals surface area contributed by atoms with E-state index < -0.39 is 25.6 Å². The summed E-state index contributed by atoms with van der Waals surface area (Å²) >= 11 is 0. The van der Waals surface area contributed by atoms with Crippen LogP contribution in [-0.2, 0) is 0 Å². The van der Waals surface area contributed by atoms with E-state index in [2.05, 4.69) is 14.5 Å². The predicted octanol–water partition coefficient (Wildman–Crippen LogP) is 5.34. The summed E-state index contributed by atoms with van der Waals surface area (Å²) < 4.78 is 82.3. The molecule has 0 radical (unpaired) electrons. The topological polar surface area (TPSA) is 48.4 Å². The maximum absolute atomic E-state index is 12.4. The van der Waals surface area contributed by atoms with Gasteiger partial charge in [0.25, 0.3) is 0 Å². The highest BCUT2D eigenvalue weighted by Gasteiger charge is 2.29. The minimum absolute atomic E-state index is 0.00151. The summed E-state index contributed by atoms with van der Waals surface area (Å²) in [5.74, 6) is -0.850. The molecule has 0 saturated carbocycles. The number of alkyl halides is 6. The van der Waals surface area contributed by atoms with E-state index >= 15 is 0 Å². The number of ether oxygens (including phenoxy) is 2. The van der Waals surface area contributed by atoms with Gasteiger partial charge in [0.05, 0.1) is 6.20 Å². The number of aromatic nitrogens is 1. The van der Waals surface area contributed by atoms with Gasteiger partial charge in [-0.3, -0.25) is 9.78 Å². The molecule has 2 rings (SSSR count). The minimum atomic E-state index is -4.49. The monoisotopic (exact) mass is 421 g/mol. The highest BCUT2D eigenvalue weighted by molar-refractivity contribution is 5.96. The van der Waals surface area contributed by atoms with E-state index in [4.69, 9.17) is 0 Å². The zero-order valence-corrected chi connectivity index (χ0v) is 15.2. The molecule has 0 saturated heterocycles. The number of pyridine rings is 1. The van der Waals surface area contributed by atoms with Crippen LogP contribution in [0, 0.1) is 0 Å². The van der Waals surface area contributed by atoms with Crippen molar-refractivity contribution in [3.8, 4) is 11.5 Å². The number of ketones is 1. The zero-order chi connectivity index (χ0) is 21.7. The number of rotatable bonds is 8. The van der Waals surface area contributed by atoms with Crippen LogP contribution in [-0.4, -0.2) is 36.3 Å². The number of hydrogen-bond acceptors (Lipinski definition) is 4. The van der Waals surface area contributed by atoms with Crippen molar-refractivity contribution in [1.29, 1.82) is 0 Å². The molecule has 0 amide bonds. The van der Waals surface area contributed by atoms with Gasteiger partial charge in [-0.2, -0.15) is 26.3 Å². The third-order valence-corrected chi connectivity index (χ3v) is 3.72. The van der Waals surface area contributed by atoms with Crippen LogP contribution in [0.3, 0.4) is 0 Å². The van der Waals surface area contributed by atoms with E-state index in [1.165, 1.54) is 36.4 Å². The van der Waals surface area contributed by atoms with E-state index in [1.54, 1.807) is 6.92 Å². The van der Waals surface area contributed by atoms with Crippen molar-refractivity contribution in [2.24, 2.45) is 0 Å². The minimum Gasteiger partial charge on any atom is -0.484 e. The van der Waals surface area contributed by atoms with Crippen LogP contribution in [0.4, 0.5) is 26.3 Å². The van der Waals surface area contributed by atoms with Gasteiger partial charge in [0, 0.05) is 23.6 Å². The fraction of sp³-hybridized carbons (Fsp3) is 0.368. The molecule has 1 heterocycles. The van der Waals surface area contributed by atoms with Gasteiger partial charge in [0.1, 0.15) is 11.5 Å². The Labute approximate surface area is 162 Å². The van der Waals surface area contributed by atoms with Crippen LogP contribution in [0.5, 0.6) is 11.5 Å². The van der Waals surface area contributed by atoms with Crippen molar-refractivity contribution in [1.82, 2.24) is 4.98 Å². The first-order chi connectivity index (χ1) is 13.4. The largest absolute Gasteiger partial charge is 0.484 e. The average Bonchev–Trinajstić information content (AvgIpc) is 2.64. The lowest BCUT2D eigenvalue weighted by molar-refractivity contribution is -0.154. The maximum atomic E-state index is 12.4. The molecule has 0 aliphatic carbocycles. The van der Waals surface area contributed by atoms with E-state index in [-0.39, 0.29) is 35.2 Å². The van der Waals surface area contributed by atoms with Gasteiger partial charge in [-0.15, -0.1) is 0 Å². The second-order valence-corrected chi connectivity index (χ2v) is 6.28. The Morgan fingerprint density at radius 3 is 2.14 bits per heavy atom. The molecule has 0 aliphatic rings. The smallest absolute Gasteiger partial charge is 0.422 e. The molecule has 29 heavy (non-hydrogen) atoms. The number of benzene rings is 1. The van der Waals surface area contributed by atoms with Crippen LogP contribution in [0.1, 0.15) is 35.3 Å². The fourth-order valence-corrected chi connectivity index (χ4v) is 2.36. The third kappa shape index (κ3) is 8.00. The number of nitrogens with zero attached hydrogens (tertiary/aromatic N) is 1. The van der Waals surface area contributed by atoms with E-state index in [0.29, 0.717) is 5.69 Å². The maximum Gasteiger partial charge on any atom is 0.422 e. The van der Waals surface area contributed by atoms with Crippen molar-refractivity contribution in [3.63, 3.8) is 0 Å². The molecule has 0 spiro atoms. The third-order valence-electron chi connectivity index (χ3n) is 3.72. The molecule has 1 atom stereocenters.